The van der Waals surface area contributed by atoms with Gasteiger partial charge in [0.15, 0.2) is 0 Å². The molecule has 1 N–H and O–H groups in total. The van der Waals surface area contributed by atoms with Crippen molar-refractivity contribution in [1.29, 1.82) is 0 Å². The largest absolute Gasteiger partial charge is 0.359 e. The van der Waals surface area contributed by atoms with Gasteiger partial charge in [-0.15, -0.1) is 0 Å². The maximum Gasteiger partial charge on any atom is 0.224 e. The number of carbonyl (C=O) groups is 2. The second kappa shape index (κ2) is 6.00. The van der Waals surface area contributed by atoms with Crippen LogP contribution in [0, 0.1) is 5.92 Å². The van der Waals surface area contributed by atoms with Gasteiger partial charge >= 0.3 is 0 Å². The van der Waals surface area contributed by atoms with Crippen LogP contribution in [0.1, 0.15) is 19.3 Å². The highest BCUT2D eigenvalue weighted by Gasteiger charge is 2.27. The smallest absolute Gasteiger partial charge is 0.224 e. The number of hydrogen-bond donors (Lipinski definition) is 2. The fraction of sp³-hybridized carbons (Fsp3) is 0.800. The third-order valence-corrected chi connectivity index (χ3v) is 2.94. The van der Waals surface area contributed by atoms with E-state index in [1.807, 2.05) is 0 Å². The molecule has 1 aliphatic rings. The highest BCUT2D eigenvalue weighted by molar-refractivity contribution is 7.80. The van der Waals surface area contributed by atoms with Gasteiger partial charge in [0, 0.05) is 26.6 Å². The van der Waals surface area contributed by atoms with E-state index in [0.717, 1.165) is 19.4 Å². The Labute approximate surface area is 95.8 Å². The van der Waals surface area contributed by atoms with Gasteiger partial charge in [-0.25, -0.2) is 0 Å². The van der Waals surface area contributed by atoms with Crippen LogP contribution >= 0.6 is 12.6 Å². The van der Waals surface area contributed by atoms with Crippen LogP contribution < -0.4 is 5.32 Å². The Hall–Kier alpha value is -0.710. The first-order valence-corrected chi connectivity index (χ1v) is 5.92. The first-order valence-electron chi connectivity index (χ1n) is 5.29. The molecule has 1 fully saturated rings. The lowest BCUT2D eigenvalue weighted by Gasteiger charge is -2.31. The van der Waals surface area contributed by atoms with Crippen molar-refractivity contribution < 1.29 is 9.59 Å². The number of thiol groups is 1. The third-order valence-electron chi connectivity index (χ3n) is 2.72. The summed E-state index contributed by atoms with van der Waals surface area (Å²) in [5, 5.41) is 2.63. The van der Waals surface area contributed by atoms with Crippen LogP contribution in [0.5, 0.6) is 0 Å². The van der Waals surface area contributed by atoms with E-state index < -0.39 is 0 Å². The van der Waals surface area contributed by atoms with E-state index in [2.05, 4.69) is 17.9 Å². The summed E-state index contributed by atoms with van der Waals surface area (Å²) >= 11 is 4.03. The molecule has 0 aliphatic carbocycles. The summed E-state index contributed by atoms with van der Waals surface area (Å²) in [6.45, 7) is 1.34. The van der Waals surface area contributed by atoms with Gasteiger partial charge in [-0.05, 0) is 18.6 Å². The fourth-order valence-electron chi connectivity index (χ4n) is 1.88. The average Bonchev–Trinajstić information content (AvgIpc) is 2.28. The van der Waals surface area contributed by atoms with Gasteiger partial charge in [0.05, 0.1) is 5.92 Å². The van der Waals surface area contributed by atoms with Gasteiger partial charge in [-0.2, -0.15) is 12.6 Å². The van der Waals surface area contributed by atoms with E-state index in [1.54, 1.807) is 11.9 Å². The summed E-state index contributed by atoms with van der Waals surface area (Å²) in [6.07, 6.45) is 2.25. The van der Waals surface area contributed by atoms with Crippen LogP contribution in [-0.4, -0.2) is 42.6 Å². The van der Waals surface area contributed by atoms with E-state index in [4.69, 9.17) is 0 Å². The minimum absolute atomic E-state index is 0.0346. The molecule has 1 rings (SSSR count). The van der Waals surface area contributed by atoms with Crippen molar-refractivity contribution in [2.45, 2.75) is 19.3 Å². The lowest BCUT2D eigenvalue weighted by Crippen LogP contribution is -2.44. The average molecular weight is 230 g/mol. The van der Waals surface area contributed by atoms with Crippen LogP contribution in [0.25, 0.3) is 0 Å². The molecule has 0 aromatic carbocycles. The maximum absolute atomic E-state index is 11.6. The van der Waals surface area contributed by atoms with Gasteiger partial charge in [-0.3, -0.25) is 9.59 Å². The van der Waals surface area contributed by atoms with Gasteiger partial charge in [0.25, 0.3) is 0 Å². The molecule has 0 spiro atoms. The number of rotatable bonds is 3. The molecular formula is C10H18N2O2S. The van der Waals surface area contributed by atoms with Crippen molar-refractivity contribution in [1.82, 2.24) is 10.2 Å². The molecule has 1 heterocycles. The number of hydrogen-bond acceptors (Lipinski definition) is 3. The lowest BCUT2D eigenvalue weighted by atomic mass is 9.97. The third kappa shape index (κ3) is 3.41. The molecule has 4 nitrogen and oxygen atoms in total. The van der Waals surface area contributed by atoms with Crippen LogP contribution in [0.15, 0.2) is 0 Å². The molecule has 86 valence electrons. The summed E-state index contributed by atoms with van der Waals surface area (Å²) in [6, 6.07) is 0. The summed E-state index contributed by atoms with van der Waals surface area (Å²) in [7, 11) is 1.64. The van der Waals surface area contributed by atoms with Crippen molar-refractivity contribution in [2.24, 2.45) is 5.92 Å². The quantitative estimate of drug-likeness (QED) is 0.685. The minimum atomic E-state index is -0.0346. The summed E-state index contributed by atoms with van der Waals surface area (Å²) in [5.74, 6) is 0.685. The van der Waals surface area contributed by atoms with Gasteiger partial charge in [0.2, 0.25) is 11.8 Å². The Morgan fingerprint density at radius 3 is 2.87 bits per heavy atom. The van der Waals surface area contributed by atoms with E-state index in [0.29, 0.717) is 18.7 Å². The Morgan fingerprint density at radius 1 is 1.53 bits per heavy atom. The monoisotopic (exact) mass is 230 g/mol. The van der Waals surface area contributed by atoms with Crippen molar-refractivity contribution in [3.63, 3.8) is 0 Å². The van der Waals surface area contributed by atoms with E-state index >= 15 is 0 Å². The first kappa shape index (κ1) is 12.4. The zero-order chi connectivity index (χ0) is 11.3. The molecule has 0 radical (unpaired) electrons. The van der Waals surface area contributed by atoms with Gasteiger partial charge < -0.3 is 10.2 Å². The normalized spacial score (nSPS) is 21.2. The maximum atomic E-state index is 11.6. The van der Waals surface area contributed by atoms with E-state index in [1.165, 1.54) is 0 Å². The molecule has 0 aromatic rings. The van der Waals surface area contributed by atoms with Crippen molar-refractivity contribution in [3.8, 4) is 0 Å². The summed E-state index contributed by atoms with van der Waals surface area (Å²) < 4.78 is 0. The summed E-state index contributed by atoms with van der Waals surface area (Å²) in [4.78, 5) is 24.8. The molecule has 1 aliphatic heterocycles. The number of likely N-dealkylation sites (tertiary alicyclic amines) is 1. The molecule has 5 heteroatoms. The van der Waals surface area contributed by atoms with Gasteiger partial charge in [0.1, 0.15) is 0 Å². The van der Waals surface area contributed by atoms with Crippen molar-refractivity contribution >= 4 is 24.4 Å². The van der Waals surface area contributed by atoms with E-state index in [-0.39, 0.29) is 17.7 Å². The predicted molar refractivity (Wildman–Crippen MR) is 61.8 cm³/mol. The molecule has 0 bridgehead atoms. The molecule has 2 amide bonds. The van der Waals surface area contributed by atoms with E-state index in [9.17, 15) is 9.59 Å². The topological polar surface area (TPSA) is 49.4 Å². The Kier molecular flexibility index (Phi) is 4.94. The zero-order valence-corrected chi connectivity index (χ0v) is 9.93. The number of piperidine rings is 1. The fourth-order valence-corrected chi connectivity index (χ4v) is 2.07. The molecule has 1 atom stereocenters. The van der Waals surface area contributed by atoms with Crippen LogP contribution in [0.4, 0.5) is 0 Å². The molecule has 15 heavy (non-hydrogen) atoms. The molecule has 1 saturated heterocycles. The second-order valence-corrected chi connectivity index (χ2v) is 4.21. The highest BCUT2D eigenvalue weighted by atomic mass is 32.1. The standard InChI is InChI=1S/C10H18N2O2S/c1-11-10(14)8-3-2-5-12(7-8)9(13)4-6-15/h8,15H,2-7H2,1H3,(H,11,14). The molecule has 0 aromatic heterocycles. The van der Waals surface area contributed by atoms with Gasteiger partial charge in [-0.1, -0.05) is 0 Å². The SMILES string of the molecule is CNC(=O)C1CCCN(C(=O)CCS)C1. The number of amides is 2. The molecular weight excluding hydrogens is 212 g/mol. The molecule has 1 unspecified atom stereocenters. The van der Waals surface area contributed by atoms with Crippen LogP contribution in [0.3, 0.4) is 0 Å². The van der Waals surface area contributed by atoms with Crippen molar-refractivity contribution in [3.05, 3.63) is 0 Å². The molecule has 0 saturated carbocycles. The van der Waals surface area contributed by atoms with Crippen LogP contribution in [-0.2, 0) is 9.59 Å². The second-order valence-electron chi connectivity index (χ2n) is 3.77. The Morgan fingerprint density at radius 2 is 2.27 bits per heavy atom. The summed E-state index contributed by atoms with van der Waals surface area (Å²) in [5.41, 5.74) is 0. The zero-order valence-electron chi connectivity index (χ0n) is 9.03. The minimum Gasteiger partial charge on any atom is -0.359 e. The Bertz CT molecular complexity index is 246. The highest BCUT2D eigenvalue weighted by Crippen LogP contribution is 2.17. The predicted octanol–water partition coefficient (Wildman–Crippen LogP) is 0.291. The number of nitrogens with one attached hydrogen (secondary N) is 1. The van der Waals surface area contributed by atoms with Crippen molar-refractivity contribution in [2.75, 3.05) is 25.9 Å². The number of carbonyl (C=O) groups excluding carboxylic acids is 2. The lowest BCUT2D eigenvalue weighted by molar-refractivity contribution is -0.135. The number of nitrogens with zero attached hydrogens (tertiary/aromatic N) is 1. The first-order chi connectivity index (χ1) is 7.19. The Balaban J connectivity index is 2.48. The van der Waals surface area contributed by atoms with Crippen LogP contribution in [0.2, 0.25) is 0 Å².